The van der Waals surface area contributed by atoms with Crippen LogP contribution in [0.1, 0.15) is 10.4 Å². The molecule has 8 heteroatoms. The minimum Gasteiger partial charge on any atom is -0.545 e. The Bertz CT molecular complexity index is 606. The summed E-state index contributed by atoms with van der Waals surface area (Å²) in [6.45, 7) is 1.06. The number of carboxylic acid groups (broad SMARTS) is 1. The Morgan fingerprint density at radius 1 is 1.35 bits per heavy atom. The molecule has 0 saturated carbocycles. The second kappa shape index (κ2) is 5.78. The minimum atomic E-state index is -3.82. The summed E-state index contributed by atoms with van der Waals surface area (Å²) in [5.74, 6) is -1.34. The Balaban J connectivity index is 2.48. The predicted octanol–water partition coefficient (Wildman–Crippen LogP) is -0.920. The quantitative estimate of drug-likeness (QED) is 0.713. The van der Waals surface area contributed by atoms with Crippen LogP contribution in [-0.2, 0) is 14.8 Å². The molecule has 20 heavy (non-hydrogen) atoms. The Morgan fingerprint density at radius 2 is 2.00 bits per heavy atom. The summed E-state index contributed by atoms with van der Waals surface area (Å²) < 4.78 is 36.4. The molecule has 1 aliphatic rings. The van der Waals surface area contributed by atoms with Gasteiger partial charge in [0.15, 0.2) is 0 Å². The molecule has 1 aromatic carbocycles. The fraction of sp³-hybridized carbons (Fsp3) is 0.417. The van der Waals surface area contributed by atoms with E-state index >= 15 is 0 Å². The molecule has 110 valence electrons. The van der Waals surface area contributed by atoms with Gasteiger partial charge < -0.3 is 19.4 Å². The maximum absolute atomic E-state index is 12.5. The molecule has 1 saturated heterocycles. The van der Waals surface area contributed by atoms with Gasteiger partial charge in [0.2, 0.25) is 10.0 Å². The number of carbonyl (C=O) groups excluding carboxylic acids is 1. The maximum atomic E-state index is 12.5. The van der Waals surface area contributed by atoms with E-state index in [4.69, 9.17) is 9.47 Å². The predicted molar refractivity (Wildman–Crippen MR) is 66.9 cm³/mol. The fourth-order valence-corrected chi connectivity index (χ4v) is 3.52. The number of aromatic carboxylic acids is 1. The monoisotopic (exact) mass is 300 g/mol. The van der Waals surface area contributed by atoms with Crippen molar-refractivity contribution in [1.29, 1.82) is 0 Å². The van der Waals surface area contributed by atoms with Crippen molar-refractivity contribution in [3.05, 3.63) is 23.8 Å². The van der Waals surface area contributed by atoms with E-state index in [0.29, 0.717) is 13.2 Å². The van der Waals surface area contributed by atoms with Crippen LogP contribution in [0, 0.1) is 0 Å². The summed E-state index contributed by atoms with van der Waals surface area (Å²) in [5, 5.41) is 10.9. The maximum Gasteiger partial charge on any atom is 0.246 e. The number of ether oxygens (including phenoxy) is 2. The molecule has 2 rings (SSSR count). The molecule has 7 nitrogen and oxygen atoms in total. The second-order valence-corrected chi connectivity index (χ2v) is 6.08. The van der Waals surface area contributed by atoms with E-state index < -0.39 is 16.0 Å². The van der Waals surface area contributed by atoms with Crippen LogP contribution in [0.3, 0.4) is 0 Å². The summed E-state index contributed by atoms with van der Waals surface area (Å²) in [4.78, 5) is 10.7. The molecule has 0 bridgehead atoms. The average Bonchev–Trinajstić information content (AvgIpc) is 2.47. The van der Waals surface area contributed by atoms with Crippen LogP contribution in [0.25, 0.3) is 0 Å². The summed E-state index contributed by atoms with van der Waals surface area (Å²) >= 11 is 0. The van der Waals surface area contributed by atoms with Gasteiger partial charge in [-0.2, -0.15) is 4.31 Å². The van der Waals surface area contributed by atoms with Gasteiger partial charge in [-0.05, 0) is 23.8 Å². The number of sulfonamides is 1. The highest BCUT2D eigenvalue weighted by Gasteiger charge is 2.29. The molecule has 1 aliphatic heterocycles. The number of hydrogen-bond acceptors (Lipinski definition) is 6. The van der Waals surface area contributed by atoms with Crippen LogP contribution in [0.15, 0.2) is 23.1 Å². The SMILES string of the molecule is COc1ccc(C(=O)[O-])cc1S(=O)(=O)N1CCOCC1. The fourth-order valence-electron chi connectivity index (χ4n) is 1.93. The lowest BCUT2D eigenvalue weighted by molar-refractivity contribution is -0.255. The Morgan fingerprint density at radius 3 is 2.55 bits per heavy atom. The van der Waals surface area contributed by atoms with E-state index in [-0.39, 0.29) is 29.3 Å². The van der Waals surface area contributed by atoms with E-state index in [2.05, 4.69) is 0 Å². The molecule has 1 heterocycles. The first-order chi connectivity index (χ1) is 9.46. The van der Waals surface area contributed by atoms with Gasteiger partial charge in [-0.1, -0.05) is 0 Å². The van der Waals surface area contributed by atoms with Crippen molar-refractivity contribution >= 4 is 16.0 Å². The van der Waals surface area contributed by atoms with E-state index in [1.54, 1.807) is 0 Å². The lowest BCUT2D eigenvalue weighted by atomic mass is 10.2. The van der Waals surface area contributed by atoms with E-state index in [9.17, 15) is 18.3 Å². The molecule has 0 spiro atoms. The molecule has 0 N–H and O–H groups in total. The average molecular weight is 300 g/mol. The number of rotatable bonds is 4. The van der Waals surface area contributed by atoms with Crippen LogP contribution >= 0.6 is 0 Å². The van der Waals surface area contributed by atoms with Crippen LogP contribution in [-0.4, -0.2) is 52.1 Å². The largest absolute Gasteiger partial charge is 0.545 e. The summed E-state index contributed by atoms with van der Waals surface area (Å²) in [6.07, 6.45) is 0. The number of morpholine rings is 1. The number of carboxylic acids is 1. The van der Waals surface area contributed by atoms with Gasteiger partial charge in [-0.3, -0.25) is 0 Å². The lowest BCUT2D eigenvalue weighted by Crippen LogP contribution is -2.40. The first-order valence-corrected chi connectivity index (χ1v) is 7.38. The topological polar surface area (TPSA) is 96.0 Å². The standard InChI is InChI=1S/C12H15NO6S/c1-18-10-3-2-9(12(14)15)8-11(10)20(16,17)13-4-6-19-7-5-13/h2-3,8H,4-7H2,1H3,(H,14,15)/p-1. The van der Waals surface area contributed by atoms with Crippen LogP contribution in [0.2, 0.25) is 0 Å². The molecule has 1 fully saturated rings. The Labute approximate surface area is 116 Å². The molecule has 1 aromatic rings. The summed E-state index contributed by atoms with van der Waals surface area (Å²) in [7, 11) is -2.50. The van der Waals surface area contributed by atoms with Crippen LogP contribution in [0.5, 0.6) is 5.75 Å². The summed E-state index contributed by atoms with van der Waals surface area (Å²) in [6, 6.07) is 3.60. The van der Waals surface area contributed by atoms with E-state index in [0.717, 1.165) is 6.07 Å². The van der Waals surface area contributed by atoms with E-state index in [1.165, 1.54) is 23.5 Å². The molecule has 0 aromatic heterocycles. The smallest absolute Gasteiger partial charge is 0.246 e. The molecule has 0 aliphatic carbocycles. The zero-order valence-corrected chi connectivity index (χ0v) is 11.7. The zero-order chi connectivity index (χ0) is 14.8. The molecule has 0 unspecified atom stereocenters. The number of methoxy groups -OCH3 is 1. The molecular weight excluding hydrogens is 286 g/mol. The lowest BCUT2D eigenvalue weighted by Gasteiger charge is -2.26. The van der Waals surface area contributed by atoms with Crippen molar-refractivity contribution < 1.29 is 27.8 Å². The highest BCUT2D eigenvalue weighted by atomic mass is 32.2. The third kappa shape index (κ3) is 2.77. The van der Waals surface area contributed by atoms with Gasteiger partial charge in [0.25, 0.3) is 0 Å². The molecule has 0 atom stereocenters. The third-order valence-electron chi connectivity index (χ3n) is 2.99. The Kier molecular flexibility index (Phi) is 4.26. The van der Waals surface area contributed by atoms with Gasteiger partial charge in [0.1, 0.15) is 10.6 Å². The first kappa shape index (κ1) is 14.8. The number of benzene rings is 1. The van der Waals surface area contributed by atoms with Crippen molar-refractivity contribution in [2.45, 2.75) is 4.90 Å². The van der Waals surface area contributed by atoms with Crippen LogP contribution in [0.4, 0.5) is 0 Å². The van der Waals surface area contributed by atoms with E-state index in [1.807, 2.05) is 0 Å². The zero-order valence-electron chi connectivity index (χ0n) is 10.9. The van der Waals surface area contributed by atoms with Crippen molar-refractivity contribution in [2.24, 2.45) is 0 Å². The van der Waals surface area contributed by atoms with Crippen LogP contribution < -0.4 is 9.84 Å². The molecule has 0 radical (unpaired) electrons. The highest BCUT2D eigenvalue weighted by Crippen LogP contribution is 2.28. The normalized spacial score (nSPS) is 16.9. The molecular formula is C12H14NO6S-. The van der Waals surface area contributed by atoms with Gasteiger partial charge in [-0.25, -0.2) is 8.42 Å². The number of nitrogens with zero attached hydrogens (tertiary/aromatic N) is 1. The molecule has 0 amide bonds. The van der Waals surface area contributed by atoms with Gasteiger partial charge in [0.05, 0.1) is 26.3 Å². The van der Waals surface area contributed by atoms with Crippen molar-refractivity contribution in [3.63, 3.8) is 0 Å². The second-order valence-electron chi connectivity index (χ2n) is 4.17. The van der Waals surface area contributed by atoms with Crippen molar-refractivity contribution in [3.8, 4) is 5.75 Å². The van der Waals surface area contributed by atoms with Gasteiger partial charge >= 0.3 is 0 Å². The van der Waals surface area contributed by atoms with Crippen molar-refractivity contribution in [2.75, 3.05) is 33.4 Å². The van der Waals surface area contributed by atoms with Crippen molar-refractivity contribution in [1.82, 2.24) is 4.31 Å². The first-order valence-electron chi connectivity index (χ1n) is 5.94. The minimum absolute atomic E-state index is 0.0986. The highest BCUT2D eigenvalue weighted by molar-refractivity contribution is 7.89. The van der Waals surface area contributed by atoms with Gasteiger partial charge in [-0.15, -0.1) is 0 Å². The third-order valence-corrected chi connectivity index (χ3v) is 4.91. The summed E-state index contributed by atoms with van der Waals surface area (Å²) in [5.41, 5.74) is -0.211. The Hall–Kier alpha value is -1.64. The number of carbonyl (C=O) groups is 1. The number of hydrogen-bond donors (Lipinski definition) is 0. The van der Waals surface area contributed by atoms with Gasteiger partial charge in [0, 0.05) is 13.1 Å².